The van der Waals surface area contributed by atoms with Gasteiger partial charge in [-0.1, -0.05) is 12.1 Å². The van der Waals surface area contributed by atoms with Gasteiger partial charge in [0.15, 0.2) is 11.5 Å². The van der Waals surface area contributed by atoms with E-state index in [1.165, 1.54) is 0 Å². The van der Waals surface area contributed by atoms with Gasteiger partial charge in [-0.25, -0.2) is 0 Å². The second kappa shape index (κ2) is 5.19. The molecule has 0 aromatic heterocycles. The summed E-state index contributed by atoms with van der Waals surface area (Å²) in [4.78, 5) is 11.4. The van der Waals surface area contributed by atoms with E-state index >= 15 is 0 Å². The van der Waals surface area contributed by atoms with Crippen molar-refractivity contribution in [2.24, 2.45) is 0 Å². The van der Waals surface area contributed by atoms with Crippen molar-refractivity contribution in [2.75, 3.05) is 20.8 Å². The highest BCUT2D eigenvalue weighted by molar-refractivity contribution is 5.80. The lowest BCUT2D eigenvalue weighted by molar-refractivity contribution is -0.128. The summed E-state index contributed by atoms with van der Waals surface area (Å²) >= 11 is 0. The zero-order chi connectivity index (χ0) is 12.3. The lowest BCUT2D eigenvalue weighted by atomic mass is 9.99. The number of methoxy groups -OCH3 is 2. The molecule has 0 saturated carbocycles. The van der Waals surface area contributed by atoms with Crippen LogP contribution in [0.2, 0.25) is 0 Å². The van der Waals surface area contributed by atoms with Gasteiger partial charge in [-0.05, 0) is 6.07 Å². The van der Waals surface area contributed by atoms with Gasteiger partial charge in [0.05, 0.1) is 26.9 Å². The Labute approximate surface area is 100 Å². The van der Waals surface area contributed by atoms with Crippen molar-refractivity contribution in [3.63, 3.8) is 0 Å². The van der Waals surface area contributed by atoms with Crippen LogP contribution in [-0.2, 0) is 9.53 Å². The number of carbonyl (C=O) groups is 1. The lowest BCUT2D eigenvalue weighted by Gasteiger charge is -2.24. The van der Waals surface area contributed by atoms with Crippen molar-refractivity contribution in [2.45, 2.75) is 18.9 Å². The number of para-hydroxylation sites is 1. The molecule has 0 spiro atoms. The third-order valence-electron chi connectivity index (χ3n) is 2.89. The predicted molar refractivity (Wildman–Crippen MR) is 62.5 cm³/mol. The van der Waals surface area contributed by atoms with E-state index in [1.807, 2.05) is 18.2 Å². The van der Waals surface area contributed by atoms with Crippen molar-refractivity contribution in [3.8, 4) is 11.5 Å². The summed E-state index contributed by atoms with van der Waals surface area (Å²) in [6.07, 6.45) is 0.688. The van der Waals surface area contributed by atoms with Gasteiger partial charge in [-0.15, -0.1) is 0 Å². The Morgan fingerprint density at radius 3 is 2.76 bits per heavy atom. The number of Topliss-reactive ketones (excluding diaryl/α,β-unsaturated/α-hetero) is 1. The maximum atomic E-state index is 11.4. The first kappa shape index (κ1) is 11.9. The molecule has 1 aromatic carbocycles. The summed E-state index contributed by atoms with van der Waals surface area (Å²) in [7, 11) is 3.18. The molecule has 4 heteroatoms. The van der Waals surface area contributed by atoms with Gasteiger partial charge in [-0.3, -0.25) is 4.79 Å². The molecule has 1 aliphatic heterocycles. The number of hydrogen-bond acceptors (Lipinski definition) is 4. The largest absolute Gasteiger partial charge is 0.493 e. The fraction of sp³-hybridized carbons (Fsp3) is 0.462. The van der Waals surface area contributed by atoms with Crippen LogP contribution in [0, 0.1) is 0 Å². The topological polar surface area (TPSA) is 44.8 Å². The van der Waals surface area contributed by atoms with Gasteiger partial charge >= 0.3 is 0 Å². The first-order valence-electron chi connectivity index (χ1n) is 5.60. The Balaban J connectivity index is 2.33. The quantitative estimate of drug-likeness (QED) is 0.806. The van der Waals surface area contributed by atoms with Crippen molar-refractivity contribution < 1.29 is 19.0 Å². The number of ketones is 1. The van der Waals surface area contributed by atoms with Crippen LogP contribution in [0.3, 0.4) is 0 Å². The minimum atomic E-state index is -0.221. The van der Waals surface area contributed by atoms with Crippen molar-refractivity contribution >= 4 is 5.78 Å². The minimum Gasteiger partial charge on any atom is -0.493 e. The van der Waals surface area contributed by atoms with Crippen LogP contribution < -0.4 is 9.47 Å². The molecule has 0 radical (unpaired) electrons. The zero-order valence-electron chi connectivity index (χ0n) is 10.1. The van der Waals surface area contributed by atoms with E-state index in [2.05, 4.69) is 0 Å². The molecule has 92 valence electrons. The number of ether oxygens (including phenoxy) is 3. The van der Waals surface area contributed by atoms with Crippen LogP contribution >= 0.6 is 0 Å². The Morgan fingerprint density at radius 2 is 2.12 bits per heavy atom. The maximum Gasteiger partial charge on any atom is 0.166 e. The molecule has 1 aliphatic rings. The van der Waals surface area contributed by atoms with E-state index in [9.17, 15) is 4.79 Å². The first-order valence-corrected chi connectivity index (χ1v) is 5.60. The molecule has 1 heterocycles. The summed E-state index contributed by atoms with van der Waals surface area (Å²) in [5, 5.41) is 0. The van der Waals surface area contributed by atoms with Crippen molar-refractivity contribution in [3.05, 3.63) is 23.8 Å². The molecule has 0 aliphatic carbocycles. The number of rotatable bonds is 3. The van der Waals surface area contributed by atoms with Gasteiger partial charge in [0.2, 0.25) is 0 Å². The van der Waals surface area contributed by atoms with Gasteiger partial charge in [-0.2, -0.15) is 0 Å². The molecule has 1 fully saturated rings. The second-order valence-corrected chi connectivity index (χ2v) is 3.93. The Hall–Kier alpha value is -1.55. The molecule has 1 saturated heterocycles. The minimum absolute atomic E-state index is 0.221. The van der Waals surface area contributed by atoms with Crippen molar-refractivity contribution in [1.82, 2.24) is 0 Å². The van der Waals surface area contributed by atoms with E-state index in [1.54, 1.807) is 14.2 Å². The van der Waals surface area contributed by atoms with Gasteiger partial charge in [0.1, 0.15) is 5.78 Å². The highest BCUT2D eigenvalue weighted by atomic mass is 16.5. The fourth-order valence-corrected chi connectivity index (χ4v) is 2.05. The van der Waals surface area contributed by atoms with Crippen LogP contribution in [0.15, 0.2) is 18.2 Å². The normalized spacial score (nSPS) is 20.1. The molecular weight excluding hydrogens is 220 g/mol. The van der Waals surface area contributed by atoms with Crippen LogP contribution in [0.1, 0.15) is 24.5 Å². The maximum absolute atomic E-state index is 11.4. The standard InChI is InChI=1S/C13H16O4/c1-15-11-5-3-4-10(13(11)16-2)12-8-9(14)6-7-17-12/h3-5,12H,6-8H2,1-2H3. The van der Waals surface area contributed by atoms with E-state index in [4.69, 9.17) is 14.2 Å². The molecule has 0 N–H and O–H groups in total. The van der Waals surface area contributed by atoms with Crippen LogP contribution in [0.4, 0.5) is 0 Å². The smallest absolute Gasteiger partial charge is 0.166 e. The van der Waals surface area contributed by atoms with Gasteiger partial charge < -0.3 is 14.2 Å². The Morgan fingerprint density at radius 1 is 1.29 bits per heavy atom. The summed E-state index contributed by atoms with van der Waals surface area (Å²) in [6.45, 7) is 0.476. The Kier molecular flexibility index (Phi) is 3.64. The predicted octanol–water partition coefficient (Wildman–Crippen LogP) is 2.12. The van der Waals surface area contributed by atoms with Crippen LogP contribution in [0.25, 0.3) is 0 Å². The molecule has 1 unspecified atom stereocenters. The van der Waals surface area contributed by atoms with E-state index in [-0.39, 0.29) is 11.9 Å². The van der Waals surface area contributed by atoms with E-state index in [0.717, 1.165) is 5.56 Å². The second-order valence-electron chi connectivity index (χ2n) is 3.93. The molecule has 1 atom stereocenters. The van der Waals surface area contributed by atoms with Crippen LogP contribution in [-0.4, -0.2) is 26.6 Å². The van der Waals surface area contributed by atoms with Gasteiger partial charge in [0, 0.05) is 18.4 Å². The summed E-state index contributed by atoms with van der Waals surface area (Å²) in [5.41, 5.74) is 0.875. The molecule has 0 amide bonds. The number of benzene rings is 1. The average Bonchev–Trinajstić information content (AvgIpc) is 2.37. The molecule has 2 rings (SSSR count). The summed E-state index contributed by atoms with van der Waals surface area (Å²) < 4.78 is 16.2. The average molecular weight is 236 g/mol. The van der Waals surface area contributed by atoms with Crippen molar-refractivity contribution in [1.29, 1.82) is 0 Å². The first-order chi connectivity index (χ1) is 8.26. The van der Waals surface area contributed by atoms with E-state index < -0.39 is 0 Å². The molecule has 4 nitrogen and oxygen atoms in total. The van der Waals surface area contributed by atoms with Gasteiger partial charge in [0.25, 0.3) is 0 Å². The third-order valence-corrected chi connectivity index (χ3v) is 2.89. The van der Waals surface area contributed by atoms with E-state index in [0.29, 0.717) is 30.9 Å². The Bertz CT molecular complexity index is 414. The molecule has 0 bridgehead atoms. The third kappa shape index (κ3) is 2.42. The summed E-state index contributed by atoms with van der Waals surface area (Å²) in [6, 6.07) is 5.61. The lowest BCUT2D eigenvalue weighted by Crippen LogP contribution is -2.20. The van der Waals surface area contributed by atoms with Crippen LogP contribution in [0.5, 0.6) is 11.5 Å². The number of hydrogen-bond donors (Lipinski definition) is 0. The zero-order valence-corrected chi connectivity index (χ0v) is 10.1. The molecule has 17 heavy (non-hydrogen) atoms. The fourth-order valence-electron chi connectivity index (χ4n) is 2.05. The monoisotopic (exact) mass is 236 g/mol. The highest BCUT2D eigenvalue weighted by Crippen LogP contribution is 2.38. The molecular formula is C13H16O4. The highest BCUT2D eigenvalue weighted by Gasteiger charge is 2.25. The summed E-state index contributed by atoms with van der Waals surface area (Å²) in [5.74, 6) is 1.53. The number of carbonyl (C=O) groups excluding carboxylic acids is 1. The molecule has 1 aromatic rings. The SMILES string of the molecule is COc1cccc(C2CC(=O)CCO2)c1OC.